The maximum Gasteiger partial charge on any atom is 0.251 e. The molecule has 4 rings (SSSR count). The van der Waals surface area contributed by atoms with Crippen LogP contribution in [0.5, 0.6) is 0 Å². The van der Waals surface area contributed by atoms with Crippen LogP contribution in [0.15, 0.2) is 66.0 Å². The van der Waals surface area contributed by atoms with E-state index in [1.165, 1.54) is 17.8 Å². The van der Waals surface area contributed by atoms with Gasteiger partial charge in [0.25, 0.3) is 5.91 Å². The SMILES string of the molecule is CC[C@@H](C)NC(=O)c1ccc(CSc2nc3cccnc3n2Cc2c(F)cccc2Cl)cc1. The Morgan fingerprint density at radius 1 is 1.18 bits per heavy atom. The van der Waals surface area contributed by atoms with Crippen molar-refractivity contribution in [3.05, 3.63) is 88.3 Å². The van der Waals surface area contributed by atoms with E-state index in [9.17, 15) is 9.18 Å². The Kier molecular flexibility index (Phi) is 7.30. The Hall–Kier alpha value is -2.90. The molecule has 170 valence electrons. The van der Waals surface area contributed by atoms with E-state index < -0.39 is 0 Å². The third-order valence-electron chi connectivity index (χ3n) is 5.42. The molecule has 2 heterocycles. The van der Waals surface area contributed by atoms with Gasteiger partial charge in [0.15, 0.2) is 10.8 Å². The van der Waals surface area contributed by atoms with Gasteiger partial charge in [-0.15, -0.1) is 0 Å². The molecule has 1 amide bonds. The zero-order valence-electron chi connectivity index (χ0n) is 18.4. The first-order valence-electron chi connectivity index (χ1n) is 10.7. The molecule has 0 radical (unpaired) electrons. The van der Waals surface area contributed by atoms with Gasteiger partial charge in [-0.3, -0.25) is 9.36 Å². The minimum Gasteiger partial charge on any atom is -0.350 e. The average molecular weight is 483 g/mol. The highest BCUT2D eigenvalue weighted by Crippen LogP contribution is 2.29. The number of aromatic nitrogens is 3. The summed E-state index contributed by atoms with van der Waals surface area (Å²) >= 11 is 7.80. The van der Waals surface area contributed by atoms with Gasteiger partial charge in [-0.1, -0.05) is 48.5 Å². The number of carbonyl (C=O) groups is 1. The van der Waals surface area contributed by atoms with E-state index in [0.29, 0.717) is 27.5 Å². The number of rotatable bonds is 8. The van der Waals surface area contributed by atoms with Crippen LogP contribution in [0, 0.1) is 5.82 Å². The fourth-order valence-electron chi connectivity index (χ4n) is 3.34. The van der Waals surface area contributed by atoms with Crippen molar-refractivity contribution in [2.75, 3.05) is 0 Å². The van der Waals surface area contributed by atoms with Crippen molar-refractivity contribution >= 4 is 40.4 Å². The second kappa shape index (κ2) is 10.4. The van der Waals surface area contributed by atoms with E-state index in [1.807, 2.05) is 54.8 Å². The molecule has 33 heavy (non-hydrogen) atoms. The van der Waals surface area contributed by atoms with Gasteiger partial charge in [0.05, 0.1) is 6.54 Å². The quantitative estimate of drug-likeness (QED) is 0.308. The number of fused-ring (bicyclic) bond motifs is 1. The molecule has 2 aromatic carbocycles. The molecule has 8 heteroatoms. The Morgan fingerprint density at radius 3 is 2.70 bits per heavy atom. The van der Waals surface area contributed by atoms with Crippen molar-refractivity contribution in [2.24, 2.45) is 0 Å². The molecule has 0 aliphatic carbocycles. The van der Waals surface area contributed by atoms with Gasteiger partial charge in [0.1, 0.15) is 11.3 Å². The summed E-state index contributed by atoms with van der Waals surface area (Å²) in [4.78, 5) is 21.5. The minimum absolute atomic E-state index is 0.0711. The first kappa shape index (κ1) is 23.3. The lowest BCUT2D eigenvalue weighted by Gasteiger charge is -2.12. The van der Waals surface area contributed by atoms with E-state index >= 15 is 0 Å². The van der Waals surface area contributed by atoms with Gasteiger partial charge in [0, 0.05) is 34.1 Å². The summed E-state index contributed by atoms with van der Waals surface area (Å²) in [6, 6.07) is 16.1. The summed E-state index contributed by atoms with van der Waals surface area (Å²) < 4.78 is 16.3. The molecule has 0 saturated carbocycles. The molecule has 2 aromatic heterocycles. The summed E-state index contributed by atoms with van der Waals surface area (Å²) in [7, 11) is 0. The minimum atomic E-state index is -0.359. The van der Waals surface area contributed by atoms with Crippen LogP contribution >= 0.6 is 23.4 Å². The summed E-state index contributed by atoms with van der Waals surface area (Å²) in [5, 5.41) is 4.07. The van der Waals surface area contributed by atoms with Crippen LogP contribution in [0.25, 0.3) is 11.2 Å². The van der Waals surface area contributed by atoms with Gasteiger partial charge in [-0.05, 0) is 55.3 Å². The molecular formula is C25H24ClFN4OS. The van der Waals surface area contributed by atoms with Gasteiger partial charge < -0.3 is 5.32 Å². The number of imidazole rings is 1. The lowest BCUT2D eigenvalue weighted by molar-refractivity contribution is 0.0939. The van der Waals surface area contributed by atoms with Crippen molar-refractivity contribution in [2.45, 2.75) is 43.8 Å². The van der Waals surface area contributed by atoms with Crippen molar-refractivity contribution in [3.63, 3.8) is 0 Å². The molecule has 0 unspecified atom stereocenters. The molecule has 0 spiro atoms. The topological polar surface area (TPSA) is 59.8 Å². The molecule has 0 saturated heterocycles. The number of thioether (sulfide) groups is 1. The van der Waals surface area contributed by atoms with Gasteiger partial charge in [-0.25, -0.2) is 14.4 Å². The van der Waals surface area contributed by atoms with Crippen molar-refractivity contribution in [1.82, 2.24) is 19.9 Å². The van der Waals surface area contributed by atoms with E-state index in [4.69, 9.17) is 16.6 Å². The Morgan fingerprint density at radius 2 is 1.97 bits per heavy atom. The van der Waals surface area contributed by atoms with E-state index in [-0.39, 0.29) is 24.3 Å². The molecule has 4 aromatic rings. The highest BCUT2D eigenvalue weighted by atomic mass is 35.5. The molecule has 0 fully saturated rings. The number of pyridine rings is 1. The van der Waals surface area contributed by atoms with E-state index in [1.54, 1.807) is 18.3 Å². The number of hydrogen-bond acceptors (Lipinski definition) is 4. The van der Waals surface area contributed by atoms with Crippen LogP contribution in [0.2, 0.25) is 5.02 Å². The van der Waals surface area contributed by atoms with Crippen LogP contribution in [0.4, 0.5) is 4.39 Å². The average Bonchev–Trinajstić information content (AvgIpc) is 3.17. The molecule has 1 N–H and O–H groups in total. The van der Waals surface area contributed by atoms with Crippen molar-refractivity contribution < 1.29 is 9.18 Å². The predicted molar refractivity (Wildman–Crippen MR) is 131 cm³/mol. The lowest BCUT2D eigenvalue weighted by Crippen LogP contribution is -2.31. The first-order valence-corrected chi connectivity index (χ1v) is 12.1. The summed E-state index contributed by atoms with van der Waals surface area (Å²) in [5.74, 6) is 0.211. The monoisotopic (exact) mass is 482 g/mol. The zero-order valence-corrected chi connectivity index (χ0v) is 20.0. The molecule has 0 bridgehead atoms. The first-order chi connectivity index (χ1) is 16.0. The fraction of sp³-hybridized carbons (Fsp3) is 0.240. The van der Waals surface area contributed by atoms with Crippen LogP contribution in [-0.4, -0.2) is 26.5 Å². The third-order valence-corrected chi connectivity index (χ3v) is 6.82. The second-order valence-electron chi connectivity index (χ2n) is 7.80. The largest absolute Gasteiger partial charge is 0.350 e. The standard InChI is InChI=1S/C25H24ClFN4OS/c1-3-16(2)29-24(32)18-11-9-17(10-12-18)15-33-25-30-22-8-5-13-28-23(22)31(25)14-19-20(26)6-4-7-21(19)27/h4-13,16H,3,14-15H2,1-2H3,(H,29,32)/t16-/m1/s1. The zero-order chi connectivity index (χ0) is 23.4. The smallest absolute Gasteiger partial charge is 0.251 e. The fourth-order valence-corrected chi connectivity index (χ4v) is 4.52. The summed E-state index contributed by atoms with van der Waals surface area (Å²) in [5.41, 5.74) is 3.51. The molecule has 0 aliphatic heterocycles. The van der Waals surface area contributed by atoms with E-state index in [2.05, 4.69) is 10.3 Å². The molecular weight excluding hydrogens is 459 g/mol. The number of amides is 1. The number of hydrogen-bond donors (Lipinski definition) is 1. The number of halogens is 2. The maximum atomic E-state index is 14.5. The summed E-state index contributed by atoms with van der Waals surface area (Å²) in [6.45, 7) is 4.25. The Labute approximate surface area is 201 Å². The molecule has 5 nitrogen and oxygen atoms in total. The Bertz CT molecular complexity index is 1260. The lowest BCUT2D eigenvalue weighted by atomic mass is 10.1. The molecule has 0 aliphatic rings. The van der Waals surface area contributed by atoms with Gasteiger partial charge >= 0.3 is 0 Å². The number of nitrogens with one attached hydrogen (secondary N) is 1. The van der Waals surface area contributed by atoms with Crippen LogP contribution in [0.3, 0.4) is 0 Å². The van der Waals surface area contributed by atoms with Gasteiger partial charge in [-0.2, -0.15) is 0 Å². The van der Waals surface area contributed by atoms with Crippen molar-refractivity contribution in [1.29, 1.82) is 0 Å². The predicted octanol–water partition coefficient (Wildman–Crippen LogP) is 6.09. The summed E-state index contributed by atoms with van der Waals surface area (Å²) in [6.07, 6.45) is 2.58. The van der Waals surface area contributed by atoms with Crippen LogP contribution in [-0.2, 0) is 12.3 Å². The second-order valence-corrected chi connectivity index (χ2v) is 9.14. The molecule has 1 atom stereocenters. The number of carbonyl (C=O) groups excluding carboxylic acids is 1. The third kappa shape index (κ3) is 5.37. The van der Waals surface area contributed by atoms with Gasteiger partial charge in [0.2, 0.25) is 0 Å². The number of benzene rings is 2. The highest BCUT2D eigenvalue weighted by Gasteiger charge is 2.16. The van der Waals surface area contributed by atoms with Crippen LogP contribution < -0.4 is 5.32 Å². The van der Waals surface area contributed by atoms with Crippen LogP contribution in [0.1, 0.15) is 41.8 Å². The van der Waals surface area contributed by atoms with E-state index in [0.717, 1.165) is 22.7 Å². The normalized spacial score (nSPS) is 12.1. The van der Waals surface area contributed by atoms with Crippen molar-refractivity contribution in [3.8, 4) is 0 Å². The number of nitrogens with zero attached hydrogens (tertiary/aromatic N) is 3. The highest BCUT2D eigenvalue weighted by molar-refractivity contribution is 7.98. The Balaban J connectivity index is 1.54. The maximum absolute atomic E-state index is 14.5.